The number of morpholine rings is 1. The molecule has 2 aromatic rings. The van der Waals surface area contributed by atoms with Crippen LogP contribution in [0.3, 0.4) is 0 Å². The average Bonchev–Trinajstić information content (AvgIpc) is 2.71. The fraction of sp³-hybridized carbons (Fsp3) is 0.478. The van der Waals surface area contributed by atoms with Gasteiger partial charge in [0, 0.05) is 38.3 Å². The van der Waals surface area contributed by atoms with Gasteiger partial charge in [-0.2, -0.15) is 0 Å². The zero-order valence-corrected chi connectivity index (χ0v) is 16.4. The van der Waals surface area contributed by atoms with Crippen LogP contribution in [0.15, 0.2) is 48.5 Å². The van der Waals surface area contributed by atoms with Gasteiger partial charge in [-0.05, 0) is 37.5 Å². The van der Waals surface area contributed by atoms with E-state index in [1.165, 1.54) is 5.56 Å². The summed E-state index contributed by atoms with van der Waals surface area (Å²) in [6.45, 7) is 5.45. The Hall–Kier alpha value is -1.88. The van der Waals surface area contributed by atoms with E-state index in [1.807, 2.05) is 24.3 Å². The molecule has 146 valence electrons. The molecule has 0 aromatic heterocycles. The summed E-state index contributed by atoms with van der Waals surface area (Å²) in [6, 6.07) is 16.5. The summed E-state index contributed by atoms with van der Waals surface area (Å²) < 4.78 is 17.7. The van der Waals surface area contributed by atoms with Gasteiger partial charge < -0.3 is 19.5 Å². The number of rotatable bonds is 9. The van der Waals surface area contributed by atoms with Crippen molar-refractivity contribution in [2.75, 3.05) is 33.4 Å². The van der Waals surface area contributed by atoms with Crippen LogP contribution in [0, 0.1) is 6.92 Å². The molecule has 1 saturated heterocycles. The SMILES string of the molecule is COCCCCC(c1ccccc1Oc1ccccc1C)C1CNCCO1. The van der Waals surface area contributed by atoms with Gasteiger partial charge >= 0.3 is 0 Å². The monoisotopic (exact) mass is 369 g/mol. The Balaban J connectivity index is 1.83. The number of benzene rings is 2. The van der Waals surface area contributed by atoms with Gasteiger partial charge in [-0.1, -0.05) is 42.8 Å². The van der Waals surface area contributed by atoms with Crippen LogP contribution in [-0.4, -0.2) is 39.5 Å². The van der Waals surface area contributed by atoms with Gasteiger partial charge in [0.15, 0.2) is 0 Å². The lowest BCUT2D eigenvalue weighted by Gasteiger charge is -2.32. The number of methoxy groups -OCH3 is 1. The minimum atomic E-state index is 0.169. The average molecular weight is 370 g/mol. The molecular formula is C23H31NO3. The molecule has 1 fully saturated rings. The van der Waals surface area contributed by atoms with E-state index in [1.54, 1.807) is 7.11 Å². The molecule has 4 heteroatoms. The highest BCUT2D eigenvalue weighted by atomic mass is 16.5. The summed E-state index contributed by atoms with van der Waals surface area (Å²) in [5.74, 6) is 2.14. The van der Waals surface area contributed by atoms with E-state index in [0.29, 0.717) is 5.92 Å². The van der Waals surface area contributed by atoms with E-state index in [4.69, 9.17) is 14.2 Å². The minimum absolute atomic E-state index is 0.169. The smallest absolute Gasteiger partial charge is 0.131 e. The third-order valence-electron chi connectivity index (χ3n) is 5.15. The molecule has 2 unspecified atom stereocenters. The maximum atomic E-state index is 6.34. The predicted molar refractivity (Wildman–Crippen MR) is 109 cm³/mol. The van der Waals surface area contributed by atoms with Gasteiger partial charge in [0.1, 0.15) is 11.5 Å². The second-order valence-corrected chi connectivity index (χ2v) is 7.11. The van der Waals surface area contributed by atoms with Gasteiger partial charge in [0.2, 0.25) is 0 Å². The van der Waals surface area contributed by atoms with Crippen molar-refractivity contribution in [3.8, 4) is 11.5 Å². The number of para-hydroxylation sites is 2. The molecule has 1 aliphatic rings. The van der Waals surface area contributed by atoms with Crippen molar-refractivity contribution in [1.82, 2.24) is 5.32 Å². The summed E-state index contributed by atoms with van der Waals surface area (Å²) in [4.78, 5) is 0. The molecule has 0 saturated carbocycles. The molecule has 4 nitrogen and oxygen atoms in total. The van der Waals surface area contributed by atoms with Crippen molar-refractivity contribution in [2.45, 2.75) is 38.2 Å². The summed E-state index contributed by atoms with van der Waals surface area (Å²) in [5.41, 5.74) is 2.37. The number of aryl methyl sites for hydroxylation is 1. The normalized spacial score (nSPS) is 18.2. The third-order valence-corrected chi connectivity index (χ3v) is 5.15. The second-order valence-electron chi connectivity index (χ2n) is 7.11. The minimum Gasteiger partial charge on any atom is -0.457 e. The molecule has 1 aliphatic heterocycles. The fourth-order valence-electron chi connectivity index (χ4n) is 3.67. The fourth-order valence-corrected chi connectivity index (χ4v) is 3.67. The van der Waals surface area contributed by atoms with Crippen LogP contribution >= 0.6 is 0 Å². The van der Waals surface area contributed by atoms with Crippen LogP contribution in [0.2, 0.25) is 0 Å². The van der Waals surface area contributed by atoms with Crippen molar-refractivity contribution in [1.29, 1.82) is 0 Å². The molecule has 2 aromatic carbocycles. The largest absolute Gasteiger partial charge is 0.457 e. The molecule has 0 spiro atoms. The maximum Gasteiger partial charge on any atom is 0.131 e. The number of nitrogens with one attached hydrogen (secondary N) is 1. The van der Waals surface area contributed by atoms with Crippen LogP contribution in [0.1, 0.15) is 36.3 Å². The molecule has 0 bridgehead atoms. The van der Waals surface area contributed by atoms with Crippen LogP contribution in [0.5, 0.6) is 11.5 Å². The van der Waals surface area contributed by atoms with E-state index >= 15 is 0 Å². The summed E-state index contributed by atoms with van der Waals surface area (Å²) in [6.07, 6.45) is 3.40. The molecule has 0 amide bonds. The molecule has 0 radical (unpaired) electrons. The standard InChI is InChI=1S/C23H31NO3/c1-18-9-3-5-12-21(18)27-22-13-6-4-10-19(22)20(11-7-8-15-25-2)23-17-24-14-16-26-23/h3-6,9-10,12-13,20,23-24H,7-8,11,14-17H2,1-2H3. The van der Waals surface area contributed by atoms with E-state index < -0.39 is 0 Å². The first kappa shape index (κ1) is 19.9. The lowest BCUT2D eigenvalue weighted by Crippen LogP contribution is -2.42. The first-order valence-electron chi connectivity index (χ1n) is 9.93. The Morgan fingerprint density at radius 2 is 1.85 bits per heavy atom. The molecule has 1 N–H and O–H groups in total. The Bertz CT molecular complexity index is 698. The van der Waals surface area contributed by atoms with E-state index in [9.17, 15) is 0 Å². The Morgan fingerprint density at radius 1 is 1.07 bits per heavy atom. The third kappa shape index (κ3) is 5.55. The van der Waals surface area contributed by atoms with Gasteiger partial charge in [0.25, 0.3) is 0 Å². The van der Waals surface area contributed by atoms with Crippen molar-refractivity contribution in [3.63, 3.8) is 0 Å². The zero-order chi connectivity index (χ0) is 18.9. The molecule has 27 heavy (non-hydrogen) atoms. The molecule has 0 aliphatic carbocycles. The van der Waals surface area contributed by atoms with Gasteiger partial charge in [-0.3, -0.25) is 0 Å². The number of unbranched alkanes of at least 4 members (excludes halogenated alkanes) is 1. The number of ether oxygens (including phenoxy) is 3. The van der Waals surface area contributed by atoms with Crippen LogP contribution in [0.25, 0.3) is 0 Å². The van der Waals surface area contributed by atoms with E-state index in [-0.39, 0.29) is 6.10 Å². The number of hydrogen-bond acceptors (Lipinski definition) is 4. The van der Waals surface area contributed by atoms with Crippen molar-refractivity contribution in [3.05, 3.63) is 59.7 Å². The summed E-state index contributed by atoms with van der Waals surface area (Å²) >= 11 is 0. The van der Waals surface area contributed by atoms with Gasteiger partial charge in [0.05, 0.1) is 12.7 Å². The quantitative estimate of drug-likeness (QED) is 0.652. The summed E-state index contributed by atoms with van der Waals surface area (Å²) in [5, 5.41) is 3.47. The lowest BCUT2D eigenvalue weighted by atomic mass is 9.87. The first-order valence-corrected chi connectivity index (χ1v) is 9.93. The Morgan fingerprint density at radius 3 is 2.59 bits per heavy atom. The van der Waals surface area contributed by atoms with Gasteiger partial charge in [-0.25, -0.2) is 0 Å². The topological polar surface area (TPSA) is 39.7 Å². The van der Waals surface area contributed by atoms with Crippen molar-refractivity contribution in [2.24, 2.45) is 0 Å². The van der Waals surface area contributed by atoms with Crippen molar-refractivity contribution < 1.29 is 14.2 Å². The molecule has 2 atom stereocenters. The highest BCUT2D eigenvalue weighted by Gasteiger charge is 2.28. The highest BCUT2D eigenvalue weighted by molar-refractivity contribution is 5.42. The highest BCUT2D eigenvalue weighted by Crippen LogP contribution is 2.37. The second kappa shape index (κ2) is 10.5. The lowest BCUT2D eigenvalue weighted by molar-refractivity contribution is 0.00810. The zero-order valence-electron chi connectivity index (χ0n) is 16.4. The van der Waals surface area contributed by atoms with E-state index in [0.717, 1.165) is 62.6 Å². The first-order chi connectivity index (χ1) is 13.3. The Labute approximate surface area is 162 Å². The molecule has 3 rings (SSSR count). The summed E-state index contributed by atoms with van der Waals surface area (Å²) in [7, 11) is 1.76. The van der Waals surface area contributed by atoms with Crippen LogP contribution in [0.4, 0.5) is 0 Å². The van der Waals surface area contributed by atoms with Crippen LogP contribution < -0.4 is 10.1 Å². The number of hydrogen-bond donors (Lipinski definition) is 1. The maximum absolute atomic E-state index is 6.34. The van der Waals surface area contributed by atoms with Crippen molar-refractivity contribution >= 4 is 0 Å². The Kier molecular flexibility index (Phi) is 7.69. The van der Waals surface area contributed by atoms with Gasteiger partial charge in [-0.15, -0.1) is 0 Å². The predicted octanol–water partition coefficient (Wildman–Crippen LogP) is 4.68. The van der Waals surface area contributed by atoms with Crippen LogP contribution in [-0.2, 0) is 9.47 Å². The van der Waals surface area contributed by atoms with E-state index in [2.05, 4.69) is 36.5 Å². The molecular weight excluding hydrogens is 338 g/mol. The molecule has 1 heterocycles.